The van der Waals surface area contributed by atoms with Crippen molar-refractivity contribution in [2.75, 3.05) is 18.0 Å². The Morgan fingerprint density at radius 1 is 1.06 bits per heavy atom. The Morgan fingerprint density at radius 2 is 1.76 bits per heavy atom. The van der Waals surface area contributed by atoms with Gasteiger partial charge in [-0.25, -0.2) is 4.98 Å². The van der Waals surface area contributed by atoms with Gasteiger partial charge in [0.15, 0.2) is 0 Å². The topological polar surface area (TPSA) is 57.9 Å². The Morgan fingerprint density at radius 3 is 2.50 bits per heavy atom. The van der Waals surface area contributed by atoms with Crippen LogP contribution in [0.25, 0.3) is 11.7 Å². The number of fused-ring (bicyclic) bond motifs is 1. The van der Waals surface area contributed by atoms with Crippen molar-refractivity contribution in [2.45, 2.75) is 26.8 Å². The highest BCUT2D eigenvalue weighted by Crippen LogP contribution is 2.35. The third kappa shape index (κ3) is 4.40. The molecule has 1 aromatic carbocycles. The van der Waals surface area contributed by atoms with Crippen LogP contribution in [0.5, 0.6) is 0 Å². The Labute approximate surface area is 208 Å². The highest BCUT2D eigenvalue weighted by Gasteiger charge is 2.33. The lowest BCUT2D eigenvalue weighted by atomic mass is 9.91. The number of aromatic nitrogens is 2. The average Bonchev–Trinajstić information content (AvgIpc) is 3.08. The van der Waals surface area contributed by atoms with Crippen LogP contribution in [-0.4, -0.2) is 37.6 Å². The zero-order valence-electron chi connectivity index (χ0n) is 19.2. The summed E-state index contributed by atoms with van der Waals surface area (Å²) >= 11 is 6.77. The number of hydrogen-bond donors (Lipinski definition) is 0. The number of pyridine rings is 1. The molecule has 3 aromatic rings. The van der Waals surface area contributed by atoms with E-state index in [2.05, 4.69) is 18.7 Å². The van der Waals surface area contributed by atoms with Crippen LogP contribution in [-0.2, 0) is 11.3 Å². The van der Waals surface area contributed by atoms with E-state index in [0.29, 0.717) is 44.6 Å². The summed E-state index contributed by atoms with van der Waals surface area (Å²) in [4.78, 5) is 36.0. The quantitative estimate of drug-likeness (QED) is 0.394. The van der Waals surface area contributed by atoms with E-state index in [0.717, 1.165) is 25.1 Å². The molecule has 8 heteroatoms. The summed E-state index contributed by atoms with van der Waals surface area (Å²) in [6.07, 6.45) is 4.56. The van der Waals surface area contributed by atoms with Gasteiger partial charge in [-0.05, 0) is 42.0 Å². The lowest BCUT2D eigenvalue weighted by Gasteiger charge is -2.36. The predicted molar refractivity (Wildman–Crippen MR) is 142 cm³/mol. The summed E-state index contributed by atoms with van der Waals surface area (Å²) in [7, 11) is 0. The van der Waals surface area contributed by atoms with Crippen LogP contribution < -0.4 is 10.5 Å². The molecule has 0 unspecified atom stereocenters. The van der Waals surface area contributed by atoms with E-state index in [4.69, 9.17) is 17.2 Å². The lowest BCUT2D eigenvalue weighted by Crippen LogP contribution is -2.40. The first-order chi connectivity index (χ1) is 16.4. The molecule has 174 valence electrons. The Hall–Kier alpha value is -2.97. The Balaban J connectivity index is 1.57. The number of anilines is 1. The lowest BCUT2D eigenvalue weighted by molar-refractivity contribution is -0.122. The number of rotatable bonds is 4. The van der Waals surface area contributed by atoms with Crippen LogP contribution in [0.3, 0.4) is 0 Å². The second-order valence-electron chi connectivity index (χ2n) is 9.19. The van der Waals surface area contributed by atoms with Gasteiger partial charge in [0.05, 0.1) is 17.0 Å². The zero-order chi connectivity index (χ0) is 23.8. The van der Waals surface area contributed by atoms with Crippen molar-refractivity contribution < 1.29 is 4.79 Å². The number of carbonyl (C=O) groups excluding carboxylic acids is 1. The van der Waals surface area contributed by atoms with Crippen molar-refractivity contribution in [3.63, 3.8) is 0 Å². The van der Waals surface area contributed by atoms with Crippen LogP contribution in [0.2, 0.25) is 0 Å². The number of piperidine rings is 1. The molecule has 0 spiro atoms. The van der Waals surface area contributed by atoms with Gasteiger partial charge < -0.3 is 4.90 Å². The molecule has 1 amide bonds. The summed E-state index contributed by atoms with van der Waals surface area (Å²) in [5.74, 6) is 1.46. The molecule has 4 heterocycles. The van der Waals surface area contributed by atoms with Crippen LogP contribution in [0.15, 0.2) is 64.4 Å². The monoisotopic (exact) mass is 490 g/mol. The van der Waals surface area contributed by atoms with E-state index in [1.54, 1.807) is 17.2 Å². The van der Waals surface area contributed by atoms with Gasteiger partial charge in [-0.15, -0.1) is 0 Å². The maximum absolute atomic E-state index is 13.6. The number of carbonyl (C=O) groups is 1. The summed E-state index contributed by atoms with van der Waals surface area (Å²) in [6.45, 7) is 6.52. The maximum atomic E-state index is 13.6. The number of hydrogen-bond acceptors (Lipinski definition) is 6. The molecule has 34 heavy (non-hydrogen) atoms. The molecule has 2 aliphatic rings. The number of thiocarbonyl (C=S) groups is 1. The van der Waals surface area contributed by atoms with E-state index >= 15 is 0 Å². The van der Waals surface area contributed by atoms with Crippen molar-refractivity contribution in [1.29, 1.82) is 0 Å². The minimum Gasteiger partial charge on any atom is -0.355 e. The Kier molecular flexibility index (Phi) is 6.27. The first kappa shape index (κ1) is 22.8. The van der Waals surface area contributed by atoms with Crippen molar-refractivity contribution >= 4 is 51.7 Å². The number of benzene rings is 1. The second kappa shape index (κ2) is 9.35. The third-order valence-corrected chi connectivity index (χ3v) is 7.63. The van der Waals surface area contributed by atoms with Gasteiger partial charge >= 0.3 is 0 Å². The normalized spacial score (nSPS) is 22.2. The van der Waals surface area contributed by atoms with Gasteiger partial charge in [0.2, 0.25) is 0 Å². The molecule has 2 atom stereocenters. The van der Waals surface area contributed by atoms with Crippen LogP contribution >= 0.6 is 24.0 Å². The molecule has 0 N–H and O–H groups in total. The minimum absolute atomic E-state index is 0.178. The van der Waals surface area contributed by atoms with Gasteiger partial charge in [-0.3, -0.25) is 18.9 Å². The van der Waals surface area contributed by atoms with Crippen LogP contribution in [0.4, 0.5) is 5.82 Å². The largest absolute Gasteiger partial charge is 0.355 e. The van der Waals surface area contributed by atoms with Crippen molar-refractivity contribution in [3.05, 3.63) is 81.1 Å². The Bertz CT molecular complexity index is 1340. The SMILES string of the molecule is C[C@H]1C[C@H](C)CN(c2nc3ccccn3c(=O)c2/C=C2/SC(=S)N(Cc3ccccc3)C2=O)C1. The molecule has 0 radical (unpaired) electrons. The molecule has 2 fully saturated rings. The molecular formula is C26H26N4O2S2. The summed E-state index contributed by atoms with van der Waals surface area (Å²) in [6, 6.07) is 15.3. The smallest absolute Gasteiger partial charge is 0.267 e. The van der Waals surface area contributed by atoms with Gasteiger partial charge in [0.1, 0.15) is 15.8 Å². The molecule has 0 aliphatic carbocycles. The minimum atomic E-state index is -0.181. The van der Waals surface area contributed by atoms with Crippen LogP contribution in [0, 0.1) is 11.8 Å². The average molecular weight is 491 g/mol. The van der Waals surface area contributed by atoms with Crippen molar-refractivity contribution in [3.8, 4) is 0 Å². The highest BCUT2D eigenvalue weighted by molar-refractivity contribution is 8.26. The molecule has 2 aliphatic heterocycles. The third-order valence-electron chi connectivity index (χ3n) is 6.25. The van der Waals surface area contributed by atoms with Crippen molar-refractivity contribution in [2.24, 2.45) is 11.8 Å². The molecule has 0 bridgehead atoms. The fourth-order valence-corrected chi connectivity index (χ4v) is 6.06. The van der Waals surface area contributed by atoms with E-state index in [1.807, 2.05) is 48.5 Å². The molecule has 5 rings (SSSR count). The molecule has 6 nitrogen and oxygen atoms in total. The maximum Gasteiger partial charge on any atom is 0.267 e. The number of amides is 1. The number of thioether (sulfide) groups is 1. The number of nitrogens with zero attached hydrogens (tertiary/aromatic N) is 4. The van der Waals surface area contributed by atoms with Gasteiger partial charge in [-0.2, -0.15) is 0 Å². The standard InChI is InChI=1S/C26H26N4O2S2/c1-17-12-18(2)15-28(14-17)23-20(24(31)29-11-7-6-10-22(29)27-23)13-21-25(32)30(26(33)34-21)16-19-8-4-3-5-9-19/h3-11,13,17-18H,12,14-16H2,1-2H3/b21-13+/t17-,18-/m0/s1. The van der Waals surface area contributed by atoms with E-state index in [9.17, 15) is 9.59 Å². The molecule has 0 saturated carbocycles. The molecule has 2 saturated heterocycles. The summed E-state index contributed by atoms with van der Waals surface area (Å²) < 4.78 is 2.03. The van der Waals surface area contributed by atoms with E-state index in [-0.39, 0.29) is 11.5 Å². The van der Waals surface area contributed by atoms with Crippen LogP contribution in [0.1, 0.15) is 31.4 Å². The van der Waals surface area contributed by atoms with Gasteiger partial charge in [0, 0.05) is 19.3 Å². The van der Waals surface area contributed by atoms with E-state index in [1.165, 1.54) is 16.2 Å². The van der Waals surface area contributed by atoms with Gasteiger partial charge in [-0.1, -0.05) is 74.2 Å². The predicted octanol–water partition coefficient (Wildman–Crippen LogP) is 4.58. The first-order valence-corrected chi connectivity index (χ1v) is 12.7. The first-order valence-electron chi connectivity index (χ1n) is 11.5. The fraction of sp³-hybridized carbons (Fsp3) is 0.308. The summed E-state index contributed by atoms with van der Waals surface area (Å²) in [5, 5.41) is 0. The fourth-order valence-electron chi connectivity index (χ4n) is 4.83. The van der Waals surface area contributed by atoms with Crippen molar-refractivity contribution in [1.82, 2.24) is 14.3 Å². The van der Waals surface area contributed by atoms with E-state index < -0.39 is 0 Å². The summed E-state index contributed by atoms with van der Waals surface area (Å²) in [5.41, 5.74) is 1.86. The molecular weight excluding hydrogens is 464 g/mol. The van der Waals surface area contributed by atoms with Gasteiger partial charge in [0.25, 0.3) is 11.5 Å². The second-order valence-corrected chi connectivity index (χ2v) is 10.9. The zero-order valence-corrected chi connectivity index (χ0v) is 20.8. The highest BCUT2D eigenvalue weighted by atomic mass is 32.2. The molecule has 2 aromatic heterocycles.